The van der Waals surface area contributed by atoms with E-state index in [-0.39, 0.29) is 5.92 Å². The van der Waals surface area contributed by atoms with Crippen molar-refractivity contribution in [3.63, 3.8) is 0 Å². The molecule has 0 aromatic rings. The number of thioether (sulfide) groups is 1. The number of unbranched alkanes of at least 4 members (excludes halogenated alkanes) is 7. The van der Waals surface area contributed by atoms with Gasteiger partial charge in [-0.05, 0) is 6.42 Å². The lowest BCUT2D eigenvalue weighted by molar-refractivity contribution is -0.140. The van der Waals surface area contributed by atoms with Gasteiger partial charge in [0.25, 0.3) is 0 Å². The van der Waals surface area contributed by atoms with Gasteiger partial charge in [0.1, 0.15) is 0 Å². The largest absolute Gasteiger partial charge is 0.481 e. The third-order valence-corrected chi connectivity index (χ3v) is 5.01. The number of carboxylic acid groups (broad SMARTS) is 1. The van der Waals surface area contributed by atoms with E-state index in [2.05, 4.69) is 13.8 Å². The van der Waals surface area contributed by atoms with Crippen LogP contribution in [0, 0.1) is 5.92 Å². The molecule has 0 saturated carbocycles. The summed E-state index contributed by atoms with van der Waals surface area (Å²) in [6, 6.07) is 0. The normalized spacial score (nSPS) is 14.3. The van der Waals surface area contributed by atoms with Gasteiger partial charge in [-0.1, -0.05) is 72.1 Å². The SMILES string of the molecule is CCCCCCCCCCC(C)SCC(C)C(=O)O. The highest BCUT2D eigenvalue weighted by Gasteiger charge is 2.12. The van der Waals surface area contributed by atoms with E-state index in [0.717, 1.165) is 5.75 Å². The first-order valence-electron chi connectivity index (χ1n) is 7.92. The molecule has 0 fully saturated rings. The number of hydrogen-bond donors (Lipinski definition) is 1. The van der Waals surface area contributed by atoms with Crippen molar-refractivity contribution in [2.24, 2.45) is 5.92 Å². The highest BCUT2D eigenvalue weighted by Crippen LogP contribution is 2.20. The lowest BCUT2D eigenvalue weighted by Gasteiger charge is -2.12. The zero-order valence-electron chi connectivity index (χ0n) is 13.0. The lowest BCUT2D eigenvalue weighted by Crippen LogP contribution is -2.13. The van der Waals surface area contributed by atoms with Crippen molar-refractivity contribution in [3.8, 4) is 0 Å². The van der Waals surface area contributed by atoms with Crippen LogP contribution in [0.5, 0.6) is 0 Å². The Morgan fingerprint density at radius 2 is 1.53 bits per heavy atom. The van der Waals surface area contributed by atoms with Crippen molar-refractivity contribution in [3.05, 3.63) is 0 Å². The molecule has 0 heterocycles. The topological polar surface area (TPSA) is 37.3 Å². The molecule has 0 aromatic heterocycles. The predicted octanol–water partition coefficient (Wildman–Crippen LogP) is 5.36. The van der Waals surface area contributed by atoms with E-state index in [9.17, 15) is 4.79 Å². The van der Waals surface area contributed by atoms with E-state index in [0.29, 0.717) is 5.25 Å². The summed E-state index contributed by atoms with van der Waals surface area (Å²) in [7, 11) is 0. The lowest BCUT2D eigenvalue weighted by atomic mass is 10.1. The maximum absolute atomic E-state index is 10.7. The van der Waals surface area contributed by atoms with Gasteiger partial charge in [-0.2, -0.15) is 11.8 Å². The summed E-state index contributed by atoms with van der Waals surface area (Å²) in [6.45, 7) is 6.27. The van der Waals surface area contributed by atoms with Crippen molar-refractivity contribution in [1.29, 1.82) is 0 Å². The van der Waals surface area contributed by atoms with E-state index >= 15 is 0 Å². The molecule has 0 radical (unpaired) electrons. The van der Waals surface area contributed by atoms with Gasteiger partial charge in [0.15, 0.2) is 0 Å². The third kappa shape index (κ3) is 12.6. The summed E-state index contributed by atoms with van der Waals surface area (Å²) in [6.07, 6.45) is 12.1. The van der Waals surface area contributed by atoms with Crippen LogP contribution in [0.4, 0.5) is 0 Å². The summed E-state index contributed by atoms with van der Waals surface area (Å²) in [4.78, 5) is 10.7. The molecule has 2 atom stereocenters. The first-order valence-corrected chi connectivity index (χ1v) is 8.97. The fourth-order valence-electron chi connectivity index (χ4n) is 2.03. The minimum atomic E-state index is -0.674. The number of hydrogen-bond acceptors (Lipinski definition) is 2. The van der Waals surface area contributed by atoms with Crippen molar-refractivity contribution in [2.45, 2.75) is 83.8 Å². The van der Waals surface area contributed by atoms with Gasteiger partial charge in [-0.3, -0.25) is 4.79 Å². The maximum Gasteiger partial charge on any atom is 0.307 e. The van der Waals surface area contributed by atoms with Crippen LogP contribution in [0.3, 0.4) is 0 Å². The van der Waals surface area contributed by atoms with Crippen molar-refractivity contribution < 1.29 is 9.90 Å². The molecule has 0 bridgehead atoms. The second-order valence-electron chi connectivity index (χ2n) is 5.65. The van der Waals surface area contributed by atoms with Crippen LogP contribution in [0.25, 0.3) is 0 Å². The Hall–Kier alpha value is -0.180. The minimum absolute atomic E-state index is 0.217. The highest BCUT2D eigenvalue weighted by atomic mass is 32.2. The molecule has 0 rings (SSSR count). The summed E-state index contributed by atoms with van der Waals surface area (Å²) in [5.41, 5.74) is 0. The van der Waals surface area contributed by atoms with E-state index in [1.165, 1.54) is 57.8 Å². The van der Waals surface area contributed by atoms with Gasteiger partial charge >= 0.3 is 5.97 Å². The van der Waals surface area contributed by atoms with E-state index in [1.54, 1.807) is 18.7 Å². The highest BCUT2D eigenvalue weighted by molar-refractivity contribution is 7.99. The Bertz CT molecular complexity index is 219. The van der Waals surface area contributed by atoms with Crippen LogP contribution < -0.4 is 0 Å². The molecule has 0 amide bonds. The molecule has 0 aromatic carbocycles. The second-order valence-corrected chi connectivity index (χ2v) is 7.12. The predicted molar refractivity (Wildman–Crippen MR) is 85.9 cm³/mol. The molecule has 0 saturated heterocycles. The molecular formula is C16H32O2S. The van der Waals surface area contributed by atoms with Crippen LogP contribution in [0.15, 0.2) is 0 Å². The summed E-state index contributed by atoms with van der Waals surface area (Å²) in [5.74, 6) is -0.147. The van der Waals surface area contributed by atoms with Crippen LogP contribution in [-0.2, 0) is 4.79 Å². The maximum atomic E-state index is 10.7. The van der Waals surface area contributed by atoms with Gasteiger partial charge < -0.3 is 5.11 Å². The van der Waals surface area contributed by atoms with Crippen molar-refractivity contribution in [2.75, 3.05) is 5.75 Å². The molecule has 0 aliphatic rings. The third-order valence-electron chi connectivity index (χ3n) is 3.52. The molecule has 0 aliphatic carbocycles. The van der Waals surface area contributed by atoms with Gasteiger partial charge in [-0.15, -0.1) is 0 Å². The first kappa shape index (κ1) is 18.8. The van der Waals surface area contributed by atoms with E-state index < -0.39 is 5.97 Å². The molecule has 114 valence electrons. The van der Waals surface area contributed by atoms with Gasteiger partial charge in [0.05, 0.1) is 5.92 Å². The average molecular weight is 288 g/mol. The standard InChI is InChI=1S/C16H32O2S/c1-4-5-6-7-8-9-10-11-12-15(3)19-13-14(2)16(17)18/h14-15H,4-13H2,1-3H3,(H,17,18). The van der Waals surface area contributed by atoms with E-state index in [4.69, 9.17) is 5.11 Å². The first-order chi connectivity index (χ1) is 9.07. The molecule has 3 heteroatoms. The molecule has 19 heavy (non-hydrogen) atoms. The Balaban J connectivity index is 3.29. The Kier molecular flexibility index (Phi) is 12.7. The zero-order valence-corrected chi connectivity index (χ0v) is 13.8. The zero-order chi connectivity index (χ0) is 14.5. The summed E-state index contributed by atoms with van der Waals surface area (Å²) < 4.78 is 0. The minimum Gasteiger partial charge on any atom is -0.481 e. The number of carbonyl (C=O) groups is 1. The van der Waals surface area contributed by atoms with Crippen LogP contribution in [0.2, 0.25) is 0 Å². The fourth-order valence-corrected chi connectivity index (χ4v) is 3.12. The average Bonchev–Trinajstić information content (AvgIpc) is 2.38. The smallest absolute Gasteiger partial charge is 0.307 e. The summed E-state index contributed by atoms with van der Waals surface area (Å²) >= 11 is 1.81. The molecule has 1 N–H and O–H groups in total. The van der Waals surface area contributed by atoms with Crippen LogP contribution >= 0.6 is 11.8 Å². The molecular weight excluding hydrogens is 256 g/mol. The Morgan fingerprint density at radius 1 is 1.00 bits per heavy atom. The van der Waals surface area contributed by atoms with Crippen molar-refractivity contribution in [1.82, 2.24) is 0 Å². The molecule has 2 nitrogen and oxygen atoms in total. The summed E-state index contributed by atoms with van der Waals surface area (Å²) in [5, 5.41) is 9.42. The molecule has 0 spiro atoms. The Morgan fingerprint density at radius 3 is 2.05 bits per heavy atom. The second kappa shape index (κ2) is 12.8. The quantitative estimate of drug-likeness (QED) is 0.464. The number of aliphatic carboxylic acids is 1. The van der Waals surface area contributed by atoms with Gasteiger partial charge in [-0.25, -0.2) is 0 Å². The van der Waals surface area contributed by atoms with Gasteiger partial charge in [0, 0.05) is 11.0 Å². The number of carboxylic acids is 1. The molecule has 0 aliphatic heterocycles. The van der Waals surface area contributed by atoms with Crippen LogP contribution in [0.1, 0.15) is 78.6 Å². The molecule has 2 unspecified atom stereocenters. The van der Waals surface area contributed by atoms with Crippen molar-refractivity contribution >= 4 is 17.7 Å². The van der Waals surface area contributed by atoms with Crippen LogP contribution in [-0.4, -0.2) is 22.1 Å². The fraction of sp³-hybridized carbons (Fsp3) is 0.938. The number of rotatable bonds is 13. The van der Waals surface area contributed by atoms with E-state index in [1.807, 2.05) is 0 Å². The monoisotopic (exact) mass is 288 g/mol. The Labute approximate surface area is 123 Å². The van der Waals surface area contributed by atoms with Gasteiger partial charge in [0.2, 0.25) is 0 Å².